The zero-order valence-electron chi connectivity index (χ0n) is 14.2. The van der Waals surface area contributed by atoms with E-state index >= 15 is 0 Å². The van der Waals surface area contributed by atoms with Crippen LogP contribution in [0.15, 0.2) is 24.3 Å². The van der Waals surface area contributed by atoms with E-state index in [0.717, 1.165) is 11.4 Å². The van der Waals surface area contributed by atoms with Crippen molar-refractivity contribution in [2.45, 2.75) is 52.6 Å². The summed E-state index contributed by atoms with van der Waals surface area (Å²) in [7, 11) is 0. The number of hydrogen-bond donors (Lipinski definition) is 1. The number of benzene rings is 1. The average molecular weight is 333 g/mol. The summed E-state index contributed by atoms with van der Waals surface area (Å²) >= 11 is 1.38. The zero-order chi connectivity index (χ0) is 17.0. The Morgan fingerprint density at radius 2 is 2.09 bits per heavy atom. The van der Waals surface area contributed by atoms with Crippen LogP contribution in [0.3, 0.4) is 0 Å². The molecule has 2 aromatic rings. The summed E-state index contributed by atoms with van der Waals surface area (Å²) in [4.78, 5) is 12.2. The van der Waals surface area contributed by atoms with Gasteiger partial charge in [-0.2, -0.15) is 0 Å². The van der Waals surface area contributed by atoms with Crippen LogP contribution in [0.1, 0.15) is 45.2 Å². The molecule has 1 N–H and O–H groups in total. The second-order valence-corrected chi connectivity index (χ2v) is 7.44. The number of amides is 1. The van der Waals surface area contributed by atoms with Crippen LogP contribution in [-0.4, -0.2) is 22.2 Å². The fourth-order valence-electron chi connectivity index (χ4n) is 1.95. The van der Waals surface area contributed by atoms with Crippen molar-refractivity contribution >= 4 is 22.4 Å². The van der Waals surface area contributed by atoms with Gasteiger partial charge >= 0.3 is 0 Å². The molecule has 124 valence electrons. The van der Waals surface area contributed by atoms with Gasteiger partial charge in [0.1, 0.15) is 10.8 Å². The molecule has 0 radical (unpaired) electrons. The van der Waals surface area contributed by atoms with Crippen LogP contribution in [-0.2, 0) is 16.6 Å². The number of hydrogen-bond acceptors (Lipinski definition) is 5. The number of rotatable bonds is 5. The summed E-state index contributed by atoms with van der Waals surface area (Å²) in [6.07, 6.45) is 0.193. The molecule has 0 aliphatic carbocycles. The Hall–Kier alpha value is -1.95. The van der Waals surface area contributed by atoms with Gasteiger partial charge in [0, 0.05) is 0 Å². The molecular weight excluding hydrogens is 310 g/mol. The van der Waals surface area contributed by atoms with Gasteiger partial charge < -0.3 is 4.74 Å². The Kier molecular flexibility index (Phi) is 5.36. The lowest BCUT2D eigenvalue weighted by atomic mass is 9.87. The van der Waals surface area contributed by atoms with E-state index in [1.165, 1.54) is 16.9 Å². The van der Waals surface area contributed by atoms with Gasteiger partial charge in [-0.15, -0.1) is 10.2 Å². The first kappa shape index (κ1) is 17.4. The Labute approximate surface area is 141 Å². The molecule has 0 fully saturated rings. The second-order valence-electron chi connectivity index (χ2n) is 6.38. The number of nitrogens with one attached hydrogen (secondary N) is 1. The topological polar surface area (TPSA) is 64.1 Å². The van der Waals surface area contributed by atoms with Crippen LogP contribution in [0, 0.1) is 0 Å². The number of aryl methyl sites for hydroxylation is 1. The number of anilines is 1. The summed E-state index contributed by atoms with van der Waals surface area (Å²) < 4.78 is 5.76. The molecule has 6 heteroatoms. The third-order valence-electron chi connectivity index (χ3n) is 3.38. The highest BCUT2D eigenvalue weighted by atomic mass is 32.1. The third-order valence-corrected chi connectivity index (χ3v) is 4.36. The van der Waals surface area contributed by atoms with Gasteiger partial charge in [-0.05, 0) is 36.5 Å². The normalized spacial score (nSPS) is 12.7. The summed E-state index contributed by atoms with van der Waals surface area (Å²) in [5, 5.41) is 12.1. The van der Waals surface area contributed by atoms with E-state index in [4.69, 9.17) is 4.74 Å². The largest absolute Gasteiger partial charge is 0.481 e. The highest BCUT2D eigenvalue weighted by Gasteiger charge is 2.18. The van der Waals surface area contributed by atoms with Crippen LogP contribution in [0.5, 0.6) is 5.75 Å². The smallest absolute Gasteiger partial charge is 0.266 e. The summed E-state index contributed by atoms with van der Waals surface area (Å²) in [5.74, 6) is 0.455. The SMILES string of the molecule is CCc1nnc(NC(=O)[C@@H](C)Oc2cccc(C(C)(C)C)c2)s1. The molecule has 0 aliphatic rings. The van der Waals surface area contributed by atoms with Crippen molar-refractivity contribution in [1.29, 1.82) is 0 Å². The molecule has 23 heavy (non-hydrogen) atoms. The maximum Gasteiger partial charge on any atom is 0.266 e. The quantitative estimate of drug-likeness (QED) is 0.904. The lowest BCUT2D eigenvalue weighted by molar-refractivity contribution is -0.122. The number of nitrogens with zero attached hydrogens (tertiary/aromatic N) is 2. The molecule has 1 aromatic heterocycles. The molecule has 1 heterocycles. The fourth-order valence-corrected chi connectivity index (χ4v) is 2.63. The lowest BCUT2D eigenvalue weighted by Crippen LogP contribution is -2.30. The first-order valence-corrected chi connectivity index (χ1v) is 8.51. The predicted molar refractivity (Wildman–Crippen MR) is 93.1 cm³/mol. The van der Waals surface area contributed by atoms with E-state index in [9.17, 15) is 4.79 Å². The number of ether oxygens (including phenoxy) is 1. The first-order valence-electron chi connectivity index (χ1n) is 7.70. The minimum Gasteiger partial charge on any atom is -0.481 e. The molecule has 0 bridgehead atoms. The van der Waals surface area contributed by atoms with Gasteiger partial charge in [-0.3, -0.25) is 10.1 Å². The predicted octanol–water partition coefficient (Wildman–Crippen LogP) is 3.80. The Morgan fingerprint density at radius 1 is 1.35 bits per heavy atom. The minimum absolute atomic E-state index is 0.0357. The van der Waals surface area contributed by atoms with E-state index in [2.05, 4.69) is 42.4 Å². The maximum atomic E-state index is 12.2. The van der Waals surface area contributed by atoms with Gasteiger partial charge in [-0.1, -0.05) is 51.2 Å². The van der Waals surface area contributed by atoms with Crippen LogP contribution in [0.2, 0.25) is 0 Å². The Morgan fingerprint density at radius 3 is 2.70 bits per heavy atom. The molecular formula is C17H23N3O2S. The molecule has 0 saturated heterocycles. The van der Waals surface area contributed by atoms with Crippen molar-refractivity contribution in [1.82, 2.24) is 10.2 Å². The molecule has 0 unspecified atom stereocenters. The maximum absolute atomic E-state index is 12.2. The van der Waals surface area contributed by atoms with Gasteiger partial charge in [-0.25, -0.2) is 0 Å². The molecule has 0 spiro atoms. The third kappa shape index (κ3) is 4.76. The van der Waals surface area contributed by atoms with E-state index in [1.807, 2.05) is 25.1 Å². The summed E-state index contributed by atoms with van der Waals surface area (Å²) in [6, 6.07) is 7.84. The molecule has 2 rings (SSSR count). The Bertz CT molecular complexity index is 676. The van der Waals surface area contributed by atoms with Crippen molar-refractivity contribution in [3.63, 3.8) is 0 Å². The van der Waals surface area contributed by atoms with Gasteiger partial charge in [0.25, 0.3) is 5.91 Å². The van der Waals surface area contributed by atoms with Gasteiger partial charge in [0.2, 0.25) is 5.13 Å². The molecule has 5 nitrogen and oxygen atoms in total. The standard InChI is InChI=1S/C17H23N3O2S/c1-6-14-19-20-16(23-14)18-15(21)11(2)22-13-9-7-8-12(10-13)17(3,4)5/h7-11H,6H2,1-5H3,(H,18,20,21)/t11-/m1/s1. The highest BCUT2D eigenvalue weighted by molar-refractivity contribution is 7.15. The highest BCUT2D eigenvalue weighted by Crippen LogP contribution is 2.26. The first-order chi connectivity index (χ1) is 10.8. The van der Waals surface area contributed by atoms with Crippen LogP contribution in [0.4, 0.5) is 5.13 Å². The van der Waals surface area contributed by atoms with E-state index in [1.54, 1.807) is 6.92 Å². The van der Waals surface area contributed by atoms with Crippen molar-refractivity contribution in [2.24, 2.45) is 0 Å². The van der Waals surface area contributed by atoms with Crippen LogP contribution in [0.25, 0.3) is 0 Å². The van der Waals surface area contributed by atoms with Crippen LogP contribution >= 0.6 is 11.3 Å². The lowest BCUT2D eigenvalue weighted by Gasteiger charge is -2.20. The number of aromatic nitrogens is 2. The van der Waals surface area contributed by atoms with E-state index in [0.29, 0.717) is 10.9 Å². The monoisotopic (exact) mass is 333 g/mol. The van der Waals surface area contributed by atoms with Crippen molar-refractivity contribution in [3.05, 3.63) is 34.8 Å². The molecule has 1 amide bonds. The summed E-state index contributed by atoms with van der Waals surface area (Å²) in [6.45, 7) is 10.1. The van der Waals surface area contributed by atoms with Gasteiger partial charge in [0.15, 0.2) is 6.10 Å². The molecule has 0 aliphatic heterocycles. The van der Waals surface area contributed by atoms with Gasteiger partial charge in [0.05, 0.1) is 0 Å². The average Bonchev–Trinajstić information content (AvgIpc) is 2.94. The van der Waals surface area contributed by atoms with E-state index < -0.39 is 6.10 Å². The number of carbonyl (C=O) groups excluding carboxylic acids is 1. The van der Waals surface area contributed by atoms with E-state index in [-0.39, 0.29) is 11.3 Å². The van der Waals surface area contributed by atoms with Crippen LogP contribution < -0.4 is 10.1 Å². The second kappa shape index (κ2) is 7.08. The Balaban J connectivity index is 2.00. The fraction of sp³-hybridized carbons (Fsp3) is 0.471. The minimum atomic E-state index is -0.612. The van der Waals surface area contributed by atoms with Crippen molar-refractivity contribution < 1.29 is 9.53 Å². The molecule has 0 saturated carbocycles. The molecule has 1 aromatic carbocycles. The zero-order valence-corrected chi connectivity index (χ0v) is 15.0. The van der Waals surface area contributed by atoms with Crippen molar-refractivity contribution in [2.75, 3.05) is 5.32 Å². The number of carbonyl (C=O) groups is 1. The van der Waals surface area contributed by atoms with Crippen molar-refractivity contribution in [3.8, 4) is 5.75 Å². The summed E-state index contributed by atoms with van der Waals surface area (Å²) in [5.41, 5.74) is 1.20. The molecule has 1 atom stereocenters.